The van der Waals surface area contributed by atoms with Crippen LogP contribution in [-0.4, -0.2) is 28.9 Å². The van der Waals surface area contributed by atoms with E-state index in [1.54, 1.807) is 18.7 Å². The minimum atomic E-state index is -0.340. The lowest BCUT2D eigenvalue weighted by Crippen LogP contribution is -2.34. The summed E-state index contributed by atoms with van der Waals surface area (Å²) in [5.74, 6) is 1.29. The number of hydrogen-bond acceptors (Lipinski definition) is 6. The third-order valence-corrected chi connectivity index (χ3v) is 4.04. The van der Waals surface area contributed by atoms with Crippen molar-refractivity contribution in [2.45, 2.75) is 32.1 Å². The summed E-state index contributed by atoms with van der Waals surface area (Å²) in [4.78, 5) is 15.6. The predicted octanol–water partition coefficient (Wildman–Crippen LogP) is 2.29. The number of nitrogens with two attached hydrogens (primary N) is 1. The van der Waals surface area contributed by atoms with Crippen molar-refractivity contribution in [2.24, 2.45) is 5.73 Å². The van der Waals surface area contributed by atoms with Gasteiger partial charge in [-0.1, -0.05) is 0 Å². The van der Waals surface area contributed by atoms with E-state index in [1.807, 2.05) is 19.2 Å². The molecule has 1 heterocycles. The van der Waals surface area contributed by atoms with Crippen molar-refractivity contribution in [1.29, 1.82) is 0 Å². The van der Waals surface area contributed by atoms with E-state index in [0.717, 1.165) is 17.2 Å². The van der Waals surface area contributed by atoms with Crippen molar-refractivity contribution in [3.8, 4) is 0 Å². The Labute approximate surface area is 110 Å². The van der Waals surface area contributed by atoms with Crippen molar-refractivity contribution in [1.82, 2.24) is 4.98 Å². The molecular formula is C11H18N2O2S2. The molecule has 0 radical (unpaired) electrons. The van der Waals surface area contributed by atoms with Crippen molar-refractivity contribution in [3.05, 3.63) is 16.1 Å². The van der Waals surface area contributed by atoms with Crippen LogP contribution in [0.25, 0.3) is 0 Å². The van der Waals surface area contributed by atoms with E-state index >= 15 is 0 Å². The van der Waals surface area contributed by atoms with Crippen molar-refractivity contribution in [2.75, 3.05) is 12.4 Å². The summed E-state index contributed by atoms with van der Waals surface area (Å²) in [7, 11) is 0. The van der Waals surface area contributed by atoms with Crippen LogP contribution in [0.1, 0.15) is 36.3 Å². The smallest absolute Gasteiger partial charge is 0.367 e. The second kappa shape index (κ2) is 6.37. The summed E-state index contributed by atoms with van der Waals surface area (Å²) in [5, 5.41) is 2.32. The maximum atomic E-state index is 11.4. The van der Waals surface area contributed by atoms with Gasteiger partial charge in [0.25, 0.3) is 0 Å². The number of rotatable bonds is 6. The largest absolute Gasteiger partial charge is 0.461 e. The molecule has 0 spiro atoms. The van der Waals surface area contributed by atoms with E-state index < -0.39 is 0 Å². The number of carbonyl (C=O) groups excluding carboxylic acids is 1. The zero-order valence-corrected chi connectivity index (χ0v) is 12.0. The van der Waals surface area contributed by atoms with Crippen LogP contribution in [0.3, 0.4) is 0 Å². The average molecular weight is 274 g/mol. The van der Waals surface area contributed by atoms with E-state index in [-0.39, 0.29) is 11.5 Å². The molecule has 0 aliphatic heterocycles. The number of aromatic nitrogens is 1. The Morgan fingerprint density at radius 1 is 1.65 bits per heavy atom. The first-order valence-electron chi connectivity index (χ1n) is 5.40. The lowest BCUT2D eigenvalue weighted by molar-refractivity contribution is 0.0525. The number of hydrogen-bond donors (Lipinski definition) is 1. The molecule has 6 heteroatoms. The number of ether oxygens (including phenoxy) is 1. The maximum absolute atomic E-state index is 11.4. The van der Waals surface area contributed by atoms with Gasteiger partial charge in [-0.2, -0.15) is 11.8 Å². The highest BCUT2D eigenvalue weighted by molar-refractivity contribution is 7.98. The summed E-state index contributed by atoms with van der Waals surface area (Å²) in [5.41, 5.74) is 6.61. The number of nitrogens with zero attached hydrogens (tertiary/aromatic N) is 1. The van der Waals surface area contributed by atoms with Gasteiger partial charge >= 0.3 is 5.97 Å². The number of esters is 1. The molecule has 0 saturated carbocycles. The predicted molar refractivity (Wildman–Crippen MR) is 72.5 cm³/mol. The van der Waals surface area contributed by atoms with Crippen LogP contribution in [0.2, 0.25) is 0 Å². The molecule has 1 aromatic rings. The number of carbonyl (C=O) groups is 1. The number of thiazole rings is 1. The lowest BCUT2D eigenvalue weighted by atomic mass is 10.1. The van der Waals surface area contributed by atoms with Crippen molar-refractivity contribution < 1.29 is 9.53 Å². The fraction of sp³-hybridized carbons (Fsp3) is 0.636. The van der Waals surface area contributed by atoms with E-state index in [4.69, 9.17) is 10.5 Å². The fourth-order valence-electron chi connectivity index (χ4n) is 1.08. The lowest BCUT2D eigenvalue weighted by Gasteiger charge is -2.16. The van der Waals surface area contributed by atoms with Gasteiger partial charge in [0.2, 0.25) is 5.01 Å². The van der Waals surface area contributed by atoms with E-state index in [2.05, 4.69) is 4.98 Å². The highest BCUT2D eigenvalue weighted by Crippen LogP contribution is 2.19. The Bertz CT molecular complexity index is 372. The molecule has 0 aliphatic carbocycles. The molecule has 1 rings (SSSR count). The average Bonchev–Trinajstić information content (AvgIpc) is 2.65. The van der Waals surface area contributed by atoms with Gasteiger partial charge in [-0.3, -0.25) is 0 Å². The zero-order valence-electron chi connectivity index (χ0n) is 10.4. The van der Waals surface area contributed by atoms with Gasteiger partial charge in [0, 0.05) is 22.4 Å². The molecule has 2 N–H and O–H groups in total. The summed E-state index contributed by atoms with van der Waals surface area (Å²) < 4.78 is 4.88. The monoisotopic (exact) mass is 274 g/mol. The first kappa shape index (κ1) is 14.5. The first-order valence-corrected chi connectivity index (χ1v) is 7.44. The van der Waals surface area contributed by atoms with Gasteiger partial charge < -0.3 is 10.5 Å². The molecule has 0 fully saturated rings. The maximum Gasteiger partial charge on any atom is 0.367 e. The third-order valence-electron chi connectivity index (χ3n) is 1.73. The summed E-state index contributed by atoms with van der Waals surface area (Å²) >= 11 is 3.04. The molecule has 17 heavy (non-hydrogen) atoms. The Morgan fingerprint density at radius 2 is 2.35 bits per heavy atom. The molecule has 1 aromatic heterocycles. The highest BCUT2D eigenvalue weighted by Gasteiger charge is 2.14. The van der Waals surface area contributed by atoms with Gasteiger partial charge in [0.05, 0.1) is 12.3 Å². The highest BCUT2D eigenvalue weighted by atomic mass is 32.2. The summed E-state index contributed by atoms with van der Waals surface area (Å²) in [6.45, 7) is 6.14. The van der Waals surface area contributed by atoms with Crippen molar-refractivity contribution in [3.63, 3.8) is 0 Å². The van der Waals surface area contributed by atoms with Crippen LogP contribution in [0, 0.1) is 0 Å². The second-order valence-electron chi connectivity index (χ2n) is 4.35. The van der Waals surface area contributed by atoms with Crippen LogP contribution < -0.4 is 5.73 Å². The molecule has 0 amide bonds. The Balaban J connectivity index is 2.43. The SMILES string of the molecule is CCOC(=O)c1nc(CSCC(C)(C)N)cs1. The Kier molecular flexibility index (Phi) is 5.42. The van der Waals surface area contributed by atoms with E-state index in [9.17, 15) is 4.79 Å². The van der Waals surface area contributed by atoms with E-state index in [1.165, 1.54) is 11.3 Å². The molecule has 0 bridgehead atoms. The van der Waals surface area contributed by atoms with Gasteiger partial charge in [-0.15, -0.1) is 11.3 Å². The van der Waals surface area contributed by atoms with Gasteiger partial charge in [-0.05, 0) is 20.8 Å². The van der Waals surface area contributed by atoms with Crippen LogP contribution in [0.15, 0.2) is 5.38 Å². The minimum Gasteiger partial charge on any atom is -0.461 e. The molecule has 0 aromatic carbocycles. The molecule has 4 nitrogen and oxygen atoms in total. The first-order chi connectivity index (χ1) is 7.92. The van der Waals surface area contributed by atoms with Gasteiger partial charge in [0.15, 0.2) is 0 Å². The topological polar surface area (TPSA) is 65.2 Å². The molecule has 0 saturated heterocycles. The normalized spacial score (nSPS) is 11.5. The molecule has 96 valence electrons. The zero-order chi connectivity index (χ0) is 12.9. The Hall–Kier alpha value is -0.590. The fourth-order valence-corrected chi connectivity index (χ4v) is 2.88. The number of thioether (sulfide) groups is 1. The summed E-state index contributed by atoms with van der Waals surface area (Å²) in [6.07, 6.45) is 0. The molecule has 0 aliphatic rings. The van der Waals surface area contributed by atoms with Crippen LogP contribution >= 0.6 is 23.1 Å². The summed E-state index contributed by atoms with van der Waals surface area (Å²) in [6, 6.07) is 0. The van der Waals surface area contributed by atoms with E-state index in [0.29, 0.717) is 11.6 Å². The Morgan fingerprint density at radius 3 is 2.94 bits per heavy atom. The molecular weight excluding hydrogens is 256 g/mol. The standard InChI is InChI=1S/C11H18N2O2S2/c1-4-15-10(14)9-13-8(6-17-9)5-16-7-11(2,3)12/h6H,4-5,7,12H2,1-3H3. The quantitative estimate of drug-likeness (QED) is 0.806. The van der Waals surface area contributed by atoms with Crippen LogP contribution in [0.4, 0.5) is 0 Å². The molecule has 0 unspecified atom stereocenters. The van der Waals surface area contributed by atoms with Crippen LogP contribution in [-0.2, 0) is 10.5 Å². The van der Waals surface area contributed by atoms with Gasteiger partial charge in [0.1, 0.15) is 0 Å². The van der Waals surface area contributed by atoms with Crippen LogP contribution in [0.5, 0.6) is 0 Å². The second-order valence-corrected chi connectivity index (χ2v) is 6.19. The van der Waals surface area contributed by atoms with Crippen molar-refractivity contribution >= 4 is 29.1 Å². The van der Waals surface area contributed by atoms with Gasteiger partial charge in [-0.25, -0.2) is 9.78 Å². The minimum absolute atomic E-state index is 0.176. The third kappa shape index (κ3) is 5.52. The molecule has 0 atom stereocenters.